The van der Waals surface area contributed by atoms with Gasteiger partial charge in [0.1, 0.15) is 11.5 Å². The van der Waals surface area contributed by atoms with Gasteiger partial charge < -0.3 is 24.7 Å². The van der Waals surface area contributed by atoms with Crippen molar-refractivity contribution in [2.24, 2.45) is 0 Å². The Labute approximate surface area is 208 Å². The average Bonchev–Trinajstić information content (AvgIpc) is 3.21. The Morgan fingerprint density at radius 2 is 1.62 bits per heavy atom. The second-order valence-electron chi connectivity index (χ2n) is 8.14. The van der Waals surface area contributed by atoms with Crippen LogP contribution in [0.1, 0.15) is 15.9 Å². The molecular weight excluding hydrogens is 473 g/mol. The molecule has 0 aliphatic rings. The van der Waals surface area contributed by atoms with Gasteiger partial charge in [-0.2, -0.15) is 0 Å². The van der Waals surface area contributed by atoms with Crippen molar-refractivity contribution in [3.05, 3.63) is 75.9 Å². The van der Waals surface area contributed by atoms with E-state index >= 15 is 0 Å². The maximum absolute atomic E-state index is 12.8. The van der Waals surface area contributed by atoms with E-state index in [4.69, 9.17) is 32.7 Å². The number of amides is 1. The number of carbonyl (C=O) groups is 1. The Kier molecular flexibility index (Phi) is 7.03. The normalized spacial score (nSPS) is 11.1. The second-order valence-corrected chi connectivity index (χ2v) is 8.89. The van der Waals surface area contributed by atoms with E-state index in [2.05, 4.69) is 15.2 Å². The fourth-order valence-corrected chi connectivity index (χ4v) is 4.56. The Hall–Kier alpha value is -3.19. The molecule has 0 saturated heterocycles. The number of benzene rings is 3. The van der Waals surface area contributed by atoms with Crippen molar-refractivity contribution in [2.75, 3.05) is 33.6 Å². The first-order valence-corrected chi connectivity index (χ1v) is 11.3. The lowest BCUT2D eigenvalue weighted by Crippen LogP contribution is -2.13. The van der Waals surface area contributed by atoms with Gasteiger partial charge in [0, 0.05) is 40.8 Å². The highest BCUT2D eigenvalue weighted by Gasteiger charge is 2.19. The van der Waals surface area contributed by atoms with Crippen molar-refractivity contribution < 1.29 is 14.3 Å². The number of hydrogen-bond donors (Lipinski definition) is 2. The van der Waals surface area contributed by atoms with E-state index in [1.54, 1.807) is 12.3 Å². The summed E-state index contributed by atoms with van der Waals surface area (Å²) in [5.41, 5.74) is 4.64. The number of aromatic amines is 1. The highest BCUT2D eigenvalue weighted by atomic mass is 35.5. The molecule has 1 heterocycles. The van der Waals surface area contributed by atoms with Gasteiger partial charge in [0.2, 0.25) is 0 Å². The Morgan fingerprint density at radius 1 is 0.971 bits per heavy atom. The lowest BCUT2D eigenvalue weighted by atomic mass is 10.0. The van der Waals surface area contributed by atoms with Gasteiger partial charge in [0.25, 0.3) is 5.91 Å². The molecule has 0 aliphatic carbocycles. The van der Waals surface area contributed by atoms with Gasteiger partial charge in [0.05, 0.1) is 30.0 Å². The molecule has 1 aromatic heterocycles. The van der Waals surface area contributed by atoms with Gasteiger partial charge >= 0.3 is 0 Å². The molecule has 0 atom stereocenters. The molecule has 0 radical (unpaired) electrons. The molecular formula is C26H25Cl2N3O3. The predicted octanol–water partition coefficient (Wildman–Crippen LogP) is 6.47. The van der Waals surface area contributed by atoms with E-state index in [0.717, 1.165) is 28.6 Å². The number of anilines is 1. The molecule has 0 fully saturated rings. The minimum absolute atomic E-state index is 0.176. The minimum Gasteiger partial charge on any atom is -0.495 e. The third-order valence-corrected chi connectivity index (χ3v) is 6.26. The number of methoxy groups -OCH3 is 2. The number of aromatic nitrogens is 1. The smallest absolute Gasteiger partial charge is 0.255 e. The van der Waals surface area contributed by atoms with Crippen LogP contribution in [0.5, 0.6) is 11.5 Å². The van der Waals surface area contributed by atoms with Crippen LogP contribution in [0.25, 0.3) is 22.0 Å². The summed E-state index contributed by atoms with van der Waals surface area (Å²) in [4.78, 5) is 18.1. The zero-order valence-electron chi connectivity index (χ0n) is 19.3. The van der Waals surface area contributed by atoms with Crippen LogP contribution in [-0.2, 0) is 6.54 Å². The van der Waals surface area contributed by atoms with E-state index in [1.807, 2.05) is 56.6 Å². The number of rotatable bonds is 7. The quantitative estimate of drug-likeness (QED) is 0.306. The summed E-state index contributed by atoms with van der Waals surface area (Å²) in [5.74, 6) is 0.758. The van der Waals surface area contributed by atoms with Crippen molar-refractivity contribution in [3.8, 4) is 22.6 Å². The van der Waals surface area contributed by atoms with Crippen molar-refractivity contribution in [3.63, 3.8) is 0 Å². The maximum atomic E-state index is 12.8. The van der Waals surface area contributed by atoms with Gasteiger partial charge in [-0.3, -0.25) is 4.79 Å². The van der Waals surface area contributed by atoms with Crippen LogP contribution < -0.4 is 14.8 Å². The third-order valence-electron chi connectivity index (χ3n) is 5.51. The highest BCUT2D eigenvalue weighted by molar-refractivity contribution is 6.41. The molecule has 34 heavy (non-hydrogen) atoms. The molecule has 8 heteroatoms. The van der Waals surface area contributed by atoms with Crippen molar-refractivity contribution >= 4 is 45.7 Å². The van der Waals surface area contributed by atoms with Crippen LogP contribution in [0, 0.1) is 0 Å². The summed E-state index contributed by atoms with van der Waals surface area (Å²) in [6, 6.07) is 15.0. The number of nitrogens with zero attached hydrogens (tertiary/aromatic N) is 1. The van der Waals surface area contributed by atoms with Gasteiger partial charge in [-0.15, -0.1) is 0 Å². The molecule has 0 aliphatic heterocycles. The van der Waals surface area contributed by atoms with Crippen LogP contribution in [0.15, 0.2) is 54.7 Å². The van der Waals surface area contributed by atoms with Crippen molar-refractivity contribution in [2.45, 2.75) is 6.54 Å². The standard InChI is InChI=1S/C26H25Cl2N3O3/c1-31(2)14-15-5-7-16(8-6-15)26(32)30-20-13-29-19-11-17(9-10-18(19)20)23-24(27)21(33-3)12-22(34-4)25(23)28/h5-13,29H,14H2,1-4H3,(H,30,32). The predicted molar refractivity (Wildman–Crippen MR) is 139 cm³/mol. The van der Waals surface area contributed by atoms with E-state index in [1.165, 1.54) is 14.2 Å². The van der Waals surface area contributed by atoms with Crippen LogP contribution >= 0.6 is 23.2 Å². The number of hydrogen-bond acceptors (Lipinski definition) is 4. The van der Waals surface area contributed by atoms with Gasteiger partial charge in [-0.1, -0.05) is 47.5 Å². The Morgan fingerprint density at radius 3 is 2.21 bits per heavy atom. The number of ether oxygens (including phenoxy) is 2. The second kappa shape index (κ2) is 9.97. The maximum Gasteiger partial charge on any atom is 0.255 e. The molecule has 3 aromatic carbocycles. The topological polar surface area (TPSA) is 66.6 Å². The zero-order chi connectivity index (χ0) is 24.4. The van der Waals surface area contributed by atoms with E-state index in [-0.39, 0.29) is 5.91 Å². The molecule has 0 saturated carbocycles. The number of halogens is 2. The first-order chi connectivity index (χ1) is 16.3. The molecule has 6 nitrogen and oxygen atoms in total. The summed E-state index contributed by atoms with van der Waals surface area (Å²) in [5, 5.41) is 4.64. The Balaban J connectivity index is 1.63. The van der Waals surface area contributed by atoms with Gasteiger partial charge in [0.15, 0.2) is 0 Å². The number of nitrogens with one attached hydrogen (secondary N) is 2. The lowest BCUT2D eigenvalue weighted by Gasteiger charge is -2.15. The van der Waals surface area contributed by atoms with Crippen molar-refractivity contribution in [1.29, 1.82) is 0 Å². The molecule has 1 amide bonds. The van der Waals surface area contributed by atoms with Crippen LogP contribution in [0.2, 0.25) is 10.0 Å². The number of fused-ring (bicyclic) bond motifs is 1. The fourth-order valence-electron chi connectivity index (χ4n) is 3.85. The van der Waals surface area contributed by atoms with E-state index in [0.29, 0.717) is 38.4 Å². The van der Waals surface area contributed by atoms with Crippen LogP contribution in [0.3, 0.4) is 0 Å². The monoisotopic (exact) mass is 497 g/mol. The summed E-state index contributed by atoms with van der Waals surface area (Å²) >= 11 is 13.1. The van der Waals surface area contributed by atoms with Crippen LogP contribution in [-0.4, -0.2) is 44.1 Å². The first-order valence-electron chi connectivity index (χ1n) is 10.6. The van der Waals surface area contributed by atoms with Gasteiger partial charge in [-0.05, 0) is 43.4 Å². The molecule has 0 spiro atoms. The first kappa shape index (κ1) is 24.0. The van der Waals surface area contributed by atoms with Gasteiger partial charge in [-0.25, -0.2) is 0 Å². The molecule has 0 unspecified atom stereocenters. The SMILES string of the molecule is COc1cc(OC)c(Cl)c(-c2ccc3c(NC(=O)c4ccc(CN(C)C)cc4)c[nH]c3c2)c1Cl. The minimum atomic E-state index is -0.176. The summed E-state index contributed by atoms with van der Waals surface area (Å²) < 4.78 is 10.8. The summed E-state index contributed by atoms with van der Waals surface area (Å²) in [6.07, 6.45) is 1.77. The van der Waals surface area contributed by atoms with E-state index in [9.17, 15) is 4.79 Å². The average molecular weight is 498 g/mol. The molecule has 4 rings (SSSR count). The lowest BCUT2D eigenvalue weighted by molar-refractivity contribution is 0.102. The third kappa shape index (κ3) is 4.71. The molecule has 2 N–H and O–H groups in total. The Bertz CT molecular complexity index is 1320. The molecule has 176 valence electrons. The highest BCUT2D eigenvalue weighted by Crippen LogP contribution is 2.46. The summed E-state index contributed by atoms with van der Waals surface area (Å²) in [6.45, 7) is 0.819. The molecule has 0 bridgehead atoms. The largest absolute Gasteiger partial charge is 0.495 e. The summed E-state index contributed by atoms with van der Waals surface area (Å²) in [7, 11) is 7.10. The van der Waals surface area contributed by atoms with Crippen molar-refractivity contribution in [1.82, 2.24) is 9.88 Å². The fraction of sp³-hybridized carbons (Fsp3) is 0.192. The van der Waals surface area contributed by atoms with Crippen LogP contribution in [0.4, 0.5) is 5.69 Å². The number of H-pyrrole nitrogens is 1. The molecule has 4 aromatic rings. The van der Waals surface area contributed by atoms with E-state index < -0.39 is 0 Å². The zero-order valence-corrected chi connectivity index (χ0v) is 20.8. The number of carbonyl (C=O) groups excluding carboxylic acids is 1.